The fourth-order valence-electron chi connectivity index (χ4n) is 2.88. The van der Waals surface area contributed by atoms with Gasteiger partial charge in [-0.05, 0) is 18.4 Å². The summed E-state index contributed by atoms with van der Waals surface area (Å²) in [6.45, 7) is 2.00. The second kappa shape index (κ2) is 8.01. The number of rotatable bonds is 7. The van der Waals surface area contributed by atoms with Crippen LogP contribution in [0.3, 0.4) is 0 Å². The zero-order valence-electron chi connectivity index (χ0n) is 14.3. The molecule has 0 spiro atoms. The molecule has 2 unspecified atom stereocenters. The molecule has 0 radical (unpaired) electrons. The third kappa shape index (κ3) is 3.78. The van der Waals surface area contributed by atoms with Gasteiger partial charge in [0.2, 0.25) is 5.91 Å². The Morgan fingerprint density at radius 1 is 1.56 bits per heavy atom. The Bertz CT molecular complexity index is 848. The lowest BCUT2D eigenvalue weighted by atomic mass is 10.0. The number of nitrogens with zero attached hydrogens (tertiary/aromatic N) is 2. The molecule has 0 aliphatic carbocycles. The van der Waals surface area contributed by atoms with E-state index in [2.05, 4.69) is 10.5 Å². The molecule has 0 bridgehead atoms. The summed E-state index contributed by atoms with van der Waals surface area (Å²) in [5.74, 6) is -2.40. The molecular formula is C16H17N3O6S2. The molecule has 3 heterocycles. The number of carbonyl (C=O) groups excluding carboxylic acids is 2. The van der Waals surface area contributed by atoms with Gasteiger partial charge in [-0.2, -0.15) is 0 Å². The molecule has 2 aliphatic heterocycles. The molecule has 1 aromatic rings. The zero-order chi connectivity index (χ0) is 19.6. The van der Waals surface area contributed by atoms with E-state index in [1.54, 1.807) is 13.0 Å². The minimum atomic E-state index is -1.58. The first kappa shape index (κ1) is 19.2. The number of amides is 2. The predicted octanol–water partition coefficient (Wildman–Crippen LogP) is 0.0670. The number of oxime groups is 1. The Labute approximate surface area is 161 Å². The van der Waals surface area contributed by atoms with Gasteiger partial charge in [-0.15, -0.1) is 11.3 Å². The van der Waals surface area contributed by atoms with Crippen molar-refractivity contribution in [2.75, 3.05) is 12.4 Å². The number of hydrogen-bond donors (Lipinski definition) is 2. The third-order valence-corrected chi connectivity index (χ3v) is 6.50. The van der Waals surface area contributed by atoms with E-state index in [0.717, 1.165) is 16.0 Å². The van der Waals surface area contributed by atoms with Gasteiger partial charge < -0.3 is 15.3 Å². The standard InChI is InChI=1S/C16H17N3O6S2/c1-2-25-17-7-9-8-27(24)15-12(14(21)19(15)13(9)16(22)23)18-11(20)6-10-4-3-5-26-10/h3-5,7,12,15H,2,6,8H2,1H3,(H,18,20)(H,22,23)/t12?,15-,27?/m1/s1. The lowest BCUT2D eigenvalue weighted by Gasteiger charge is -2.48. The van der Waals surface area contributed by atoms with Crippen LogP contribution in [0.1, 0.15) is 11.8 Å². The number of aliphatic carboxylic acids is 1. The topological polar surface area (TPSA) is 125 Å². The largest absolute Gasteiger partial charge is 0.477 e. The highest BCUT2D eigenvalue weighted by molar-refractivity contribution is 7.86. The molecule has 0 aromatic carbocycles. The molecule has 144 valence electrons. The van der Waals surface area contributed by atoms with Crippen LogP contribution in [-0.4, -0.2) is 62.0 Å². The summed E-state index contributed by atoms with van der Waals surface area (Å²) in [7, 11) is -1.58. The summed E-state index contributed by atoms with van der Waals surface area (Å²) < 4.78 is 12.6. The summed E-state index contributed by atoms with van der Waals surface area (Å²) >= 11 is 1.41. The highest BCUT2D eigenvalue weighted by Gasteiger charge is 2.57. The second-order valence-electron chi connectivity index (χ2n) is 5.76. The van der Waals surface area contributed by atoms with E-state index in [9.17, 15) is 23.7 Å². The summed E-state index contributed by atoms with van der Waals surface area (Å²) in [5, 5.41) is 16.6. The summed E-state index contributed by atoms with van der Waals surface area (Å²) in [5.41, 5.74) is -0.140. The van der Waals surface area contributed by atoms with Crippen molar-refractivity contribution in [3.63, 3.8) is 0 Å². The van der Waals surface area contributed by atoms with E-state index >= 15 is 0 Å². The molecule has 27 heavy (non-hydrogen) atoms. The van der Waals surface area contributed by atoms with E-state index in [1.807, 2.05) is 11.4 Å². The number of carboxylic acid groups (broad SMARTS) is 1. The van der Waals surface area contributed by atoms with Gasteiger partial charge >= 0.3 is 5.97 Å². The minimum Gasteiger partial charge on any atom is -0.477 e. The highest BCUT2D eigenvalue weighted by atomic mass is 32.2. The Balaban J connectivity index is 1.78. The average Bonchev–Trinajstić information content (AvgIpc) is 3.12. The normalized spacial score (nSPS) is 24.6. The lowest BCUT2D eigenvalue weighted by Crippen LogP contribution is -2.73. The smallest absolute Gasteiger partial charge is 0.353 e. The van der Waals surface area contributed by atoms with Gasteiger partial charge in [-0.25, -0.2) is 4.79 Å². The fraction of sp³-hybridized carbons (Fsp3) is 0.375. The van der Waals surface area contributed by atoms with Crippen LogP contribution in [0.5, 0.6) is 0 Å². The molecule has 2 amide bonds. The molecule has 1 saturated heterocycles. The van der Waals surface area contributed by atoms with Crippen LogP contribution in [-0.2, 0) is 36.4 Å². The maximum Gasteiger partial charge on any atom is 0.353 e. The van der Waals surface area contributed by atoms with Crippen molar-refractivity contribution >= 4 is 46.1 Å². The number of fused-ring (bicyclic) bond motifs is 1. The van der Waals surface area contributed by atoms with Crippen molar-refractivity contribution in [2.45, 2.75) is 24.8 Å². The molecular weight excluding hydrogens is 394 g/mol. The first-order chi connectivity index (χ1) is 12.9. The maximum atomic E-state index is 12.6. The number of hydrogen-bond acceptors (Lipinski definition) is 7. The quantitative estimate of drug-likeness (QED) is 0.371. The molecule has 1 aromatic heterocycles. The maximum absolute atomic E-state index is 12.6. The van der Waals surface area contributed by atoms with Gasteiger partial charge in [0.25, 0.3) is 5.91 Å². The van der Waals surface area contributed by atoms with Crippen molar-refractivity contribution < 1.29 is 28.5 Å². The van der Waals surface area contributed by atoms with Crippen molar-refractivity contribution in [1.82, 2.24) is 10.2 Å². The van der Waals surface area contributed by atoms with Crippen molar-refractivity contribution in [3.8, 4) is 0 Å². The van der Waals surface area contributed by atoms with Gasteiger partial charge in [0.05, 0.1) is 29.2 Å². The first-order valence-corrected chi connectivity index (χ1v) is 10.3. The predicted molar refractivity (Wildman–Crippen MR) is 98.4 cm³/mol. The number of carbonyl (C=O) groups is 3. The van der Waals surface area contributed by atoms with Crippen molar-refractivity contribution in [1.29, 1.82) is 0 Å². The van der Waals surface area contributed by atoms with Gasteiger partial charge in [0.1, 0.15) is 23.7 Å². The number of nitrogens with one attached hydrogen (secondary N) is 1. The van der Waals surface area contributed by atoms with E-state index < -0.39 is 34.1 Å². The van der Waals surface area contributed by atoms with Crippen molar-refractivity contribution in [3.05, 3.63) is 33.7 Å². The minimum absolute atomic E-state index is 0.0933. The van der Waals surface area contributed by atoms with E-state index in [1.165, 1.54) is 11.3 Å². The summed E-state index contributed by atoms with van der Waals surface area (Å²) in [4.78, 5) is 42.9. The average molecular weight is 411 g/mol. The Kier molecular flexibility index (Phi) is 5.71. The molecule has 3 rings (SSSR count). The Morgan fingerprint density at radius 3 is 2.96 bits per heavy atom. The van der Waals surface area contributed by atoms with E-state index in [4.69, 9.17) is 4.84 Å². The van der Waals surface area contributed by atoms with Gasteiger partial charge in [-0.3, -0.25) is 18.7 Å². The molecule has 1 fully saturated rings. The first-order valence-electron chi connectivity index (χ1n) is 8.07. The number of β-lactam (4-membered cyclic amide) rings is 1. The molecule has 9 nitrogen and oxygen atoms in total. The van der Waals surface area contributed by atoms with Gasteiger partial charge in [0.15, 0.2) is 0 Å². The summed E-state index contributed by atoms with van der Waals surface area (Å²) in [6.07, 6.45) is 1.27. The van der Waals surface area contributed by atoms with E-state index in [-0.39, 0.29) is 29.4 Å². The molecule has 11 heteroatoms. The number of thiophene rings is 1. The van der Waals surface area contributed by atoms with Crippen LogP contribution in [0.4, 0.5) is 0 Å². The number of carboxylic acids is 1. The Hall–Kier alpha value is -2.53. The molecule has 2 aliphatic rings. The van der Waals surface area contributed by atoms with Gasteiger partial charge in [-0.1, -0.05) is 11.2 Å². The molecule has 0 saturated carbocycles. The second-order valence-corrected chi connectivity index (χ2v) is 8.32. The molecule has 3 atom stereocenters. The third-order valence-electron chi connectivity index (χ3n) is 4.00. The highest BCUT2D eigenvalue weighted by Crippen LogP contribution is 2.34. The van der Waals surface area contributed by atoms with Crippen LogP contribution in [0, 0.1) is 0 Å². The Morgan fingerprint density at radius 2 is 2.33 bits per heavy atom. The SMILES string of the molecule is CCON=CC1=C(C(=O)O)N2C(=O)C(NC(=O)Cc3cccs3)[C@H]2S(=O)C1. The van der Waals surface area contributed by atoms with Crippen LogP contribution >= 0.6 is 11.3 Å². The van der Waals surface area contributed by atoms with Crippen LogP contribution in [0.2, 0.25) is 0 Å². The lowest BCUT2D eigenvalue weighted by molar-refractivity contribution is -0.150. The zero-order valence-corrected chi connectivity index (χ0v) is 15.9. The van der Waals surface area contributed by atoms with Crippen molar-refractivity contribution in [2.24, 2.45) is 5.16 Å². The molecule has 2 N–H and O–H groups in total. The van der Waals surface area contributed by atoms with Crippen LogP contribution in [0.25, 0.3) is 0 Å². The van der Waals surface area contributed by atoms with Crippen LogP contribution in [0.15, 0.2) is 33.9 Å². The monoisotopic (exact) mass is 411 g/mol. The van der Waals surface area contributed by atoms with Gasteiger partial charge in [0, 0.05) is 10.5 Å². The van der Waals surface area contributed by atoms with E-state index in [0.29, 0.717) is 6.61 Å². The van der Waals surface area contributed by atoms with Crippen LogP contribution < -0.4 is 5.32 Å². The fourth-order valence-corrected chi connectivity index (χ4v) is 5.20. The summed E-state index contributed by atoms with van der Waals surface area (Å²) in [6, 6.07) is 2.61.